The smallest absolute Gasteiger partial charge is 0.0472 e. The summed E-state index contributed by atoms with van der Waals surface area (Å²) in [6, 6.07) is 4.27. The Hall–Kier alpha value is -1.47. The third-order valence-electron chi connectivity index (χ3n) is 2.89. The highest BCUT2D eigenvalue weighted by atomic mass is 32.1. The maximum Gasteiger partial charge on any atom is 0.0472 e. The molecule has 0 N–H and O–H groups in total. The van der Waals surface area contributed by atoms with Crippen molar-refractivity contribution in [2.45, 2.75) is 11.7 Å². The Morgan fingerprint density at radius 3 is 2.29 bits per heavy atom. The first-order valence-electron chi connectivity index (χ1n) is 5.59. The first-order valence-corrected chi connectivity index (χ1v) is 6.04. The van der Waals surface area contributed by atoms with Crippen LogP contribution in [0.25, 0.3) is 24.3 Å². The van der Waals surface area contributed by atoms with Crippen molar-refractivity contribution in [3.8, 4) is 0 Å². The molecule has 0 radical (unpaired) electrons. The number of benzene rings is 1. The van der Waals surface area contributed by atoms with Crippen molar-refractivity contribution in [2.24, 2.45) is 0 Å². The highest BCUT2D eigenvalue weighted by molar-refractivity contribution is 7.82. The second kappa shape index (κ2) is 4.42. The van der Waals surface area contributed by atoms with E-state index in [9.17, 15) is 0 Å². The zero-order chi connectivity index (χ0) is 12.5. The average molecular weight is 240 g/mol. The lowest BCUT2D eigenvalue weighted by atomic mass is 10.0. The van der Waals surface area contributed by atoms with Crippen LogP contribution in [0.5, 0.6) is 0 Å². The molecule has 17 heavy (non-hydrogen) atoms. The van der Waals surface area contributed by atoms with Crippen LogP contribution in [0.15, 0.2) is 37.4 Å². The van der Waals surface area contributed by atoms with Crippen LogP contribution >= 0.6 is 12.6 Å². The quantitative estimate of drug-likeness (QED) is 0.755. The molecule has 1 aliphatic carbocycles. The second-order valence-electron chi connectivity index (χ2n) is 4.41. The lowest BCUT2D eigenvalue weighted by Gasteiger charge is -2.12. The van der Waals surface area contributed by atoms with E-state index in [1.807, 2.05) is 12.2 Å². The Labute approximate surface area is 108 Å². The Morgan fingerprint density at radius 2 is 1.71 bits per heavy atom. The molecular formula is C16H16S. The number of rotatable bonds is 2. The number of allylic oxidation sites excluding steroid dienone is 1. The Balaban J connectivity index is 2.83. The van der Waals surface area contributed by atoms with E-state index in [2.05, 4.69) is 69.1 Å². The van der Waals surface area contributed by atoms with Crippen molar-refractivity contribution < 1.29 is 0 Å². The molecule has 1 atom stereocenters. The summed E-state index contributed by atoms with van der Waals surface area (Å²) in [4.78, 5) is 0. The summed E-state index contributed by atoms with van der Waals surface area (Å²) in [7, 11) is 0. The van der Waals surface area contributed by atoms with Gasteiger partial charge >= 0.3 is 0 Å². The van der Waals surface area contributed by atoms with Crippen molar-refractivity contribution in [1.29, 1.82) is 0 Å². The molecule has 0 heterocycles. The van der Waals surface area contributed by atoms with E-state index >= 15 is 0 Å². The first kappa shape index (κ1) is 12.0. The van der Waals surface area contributed by atoms with E-state index in [0.717, 1.165) is 11.1 Å². The van der Waals surface area contributed by atoms with Gasteiger partial charge in [0.1, 0.15) is 0 Å². The minimum absolute atomic E-state index is 0.212. The molecule has 0 aromatic heterocycles. The molecule has 1 aromatic carbocycles. The van der Waals surface area contributed by atoms with Crippen molar-refractivity contribution in [3.63, 3.8) is 0 Å². The van der Waals surface area contributed by atoms with Crippen LogP contribution in [0.4, 0.5) is 0 Å². The van der Waals surface area contributed by atoms with Gasteiger partial charge in [-0.15, -0.1) is 0 Å². The third kappa shape index (κ3) is 2.45. The van der Waals surface area contributed by atoms with E-state index in [1.54, 1.807) is 0 Å². The van der Waals surface area contributed by atoms with E-state index in [0.29, 0.717) is 0 Å². The number of thiol groups is 1. The highest BCUT2D eigenvalue weighted by Gasteiger charge is 2.11. The number of fused-ring (bicyclic) bond motifs is 1. The van der Waals surface area contributed by atoms with Gasteiger partial charge in [-0.3, -0.25) is 0 Å². The van der Waals surface area contributed by atoms with E-state index in [1.165, 1.54) is 10.4 Å². The van der Waals surface area contributed by atoms with Crippen molar-refractivity contribution in [1.82, 2.24) is 0 Å². The molecule has 0 amide bonds. The van der Waals surface area contributed by atoms with Crippen molar-refractivity contribution in [2.75, 3.05) is 0 Å². The van der Waals surface area contributed by atoms with Crippen LogP contribution in [-0.2, 0) is 0 Å². The Kier molecular flexibility index (Phi) is 3.12. The summed E-state index contributed by atoms with van der Waals surface area (Å²) in [5.41, 5.74) is 2.22. The second-order valence-corrected chi connectivity index (χ2v) is 5.38. The molecule has 0 fully saturated rings. The van der Waals surface area contributed by atoms with Gasteiger partial charge in [-0.1, -0.05) is 49.6 Å². The van der Waals surface area contributed by atoms with Gasteiger partial charge in [0.25, 0.3) is 0 Å². The summed E-state index contributed by atoms with van der Waals surface area (Å²) in [5.74, 6) is 0. The predicted octanol–water partition coefficient (Wildman–Crippen LogP) is 2.79. The van der Waals surface area contributed by atoms with Gasteiger partial charge in [0, 0.05) is 4.75 Å². The molecule has 1 heteroatoms. The van der Waals surface area contributed by atoms with E-state index in [-0.39, 0.29) is 4.75 Å². The van der Waals surface area contributed by atoms with Crippen LogP contribution in [0.3, 0.4) is 0 Å². The fourth-order valence-corrected chi connectivity index (χ4v) is 2.23. The van der Waals surface area contributed by atoms with Gasteiger partial charge in [0.15, 0.2) is 0 Å². The van der Waals surface area contributed by atoms with Crippen molar-refractivity contribution >= 4 is 36.9 Å². The zero-order valence-corrected chi connectivity index (χ0v) is 10.9. The zero-order valence-electron chi connectivity index (χ0n) is 9.98. The van der Waals surface area contributed by atoms with Crippen LogP contribution in [0, 0.1) is 0 Å². The van der Waals surface area contributed by atoms with Crippen LogP contribution in [-0.4, -0.2) is 4.75 Å². The SMILES string of the molecule is C=Cc1cc2c(cc1C=C)=CC(C)(S)C=CC=2. The molecule has 1 unspecified atom stereocenters. The molecule has 0 saturated carbocycles. The van der Waals surface area contributed by atoms with Crippen LogP contribution in [0.1, 0.15) is 18.1 Å². The minimum atomic E-state index is -0.212. The van der Waals surface area contributed by atoms with E-state index in [4.69, 9.17) is 0 Å². The summed E-state index contributed by atoms with van der Waals surface area (Å²) in [5, 5.41) is 2.38. The normalized spacial score (nSPS) is 21.8. The monoisotopic (exact) mass is 240 g/mol. The molecule has 1 aromatic rings. The maximum absolute atomic E-state index is 4.62. The van der Waals surface area contributed by atoms with Crippen LogP contribution < -0.4 is 10.4 Å². The highest BCUT2D eigenvalue weighted by Crippen LogP contribution is 2.18. The topological polar surface area (TPSA) is 0 Å². The lowest BCUT2D eigenvalue weighted by molar-refractivity contribution is 1.08. The lowest BCUT2D eigenvalue weighted by Crippen LogP contribution is -2.27. The molecule has 2 rings (SSSR count). The van der Waals surface area contributed by atoms with Gasteiger partial charge in [-0.05, 0) is 40.6 Å². The molecule has 1 aliphatic rings. The fraction of sp³-hybridized carbons (Fsp3) is 0.125. The standard InChI is InChI=1S/C16H16S/c1-4-12-9-14-7-6-8-16(3,17)11-15(14)10-13(12)5-2/h4-11,17H,1-2H2,3H3. The van der Waals surface area contributed by atoms with Gasteiger partial charge < -0.3 is 0 Å². The predicted molar refractivity (Wildman–Crippen MR) is 81.3 cm³/mol. The molecule has 0 bridgehead atoms. The summed E-state index contributed by atoms with van der Waals surface area (Å²) in [6.45, 7) is 9.75. The number of hydrogen-bond acceptors (Lipinski definition) is 1. The minimum Gasteiger partial charge on any atom is -0.164 e. The van der Waals surface area contributed by atoms with Crippen molar-refractivity contribution in [3.05, 3.63) is 59.0 Å². The third-order valence-corrected chi connectivity index (χ3v) is 3.16. The maximum atomic E-state index is 4.62. The van der Waals surface area contributed by atoms with Gasteiger partial charge in [0.05, 0.1) is 0 Å². The van der Waals surface area contributed by atoms with E-state index < -0.39 is 0 Å². The first-order chi connectivity index (χ1) is 8.05. The largest absolute Gasteiger partial charge is 0.164 e. The molecule has 0 saturated heterocycles. The fourth-order valence-electron chi connectivity index (χ4n) is 2.00. The summed E-state index contributed by atoms with van der Waals surface area (Å²) in [6.07, 6.45) is 12.1. The molecule has 86 valence electrons. The molecule has 0 nitrogen and oxygen atoms in total. The van der Waals surface area contributed by atoms with Gasteiger partial charge in [-0.2, -0.15) is 12.6 Å². The van der Waals surface area contributed by atoms with Crippen LogP contribution in [0.2, 0.25) is 0 Å². The summed E-state index contributed by atoms with van der Waals surface area (Å²) < 4.78 is -0.212. The molecule has 0 aliphatic heterocycles. The Morgan fingerprint density at radius 1 is 1.12 bits per heavy atom. The molecular weight excluding hydrogens is 224 g/mol. The summed E-state index contributed by atoms with van der Waals surface area (Å²) >= 11 is 4.62. The van der Waals surface area contributed by atoms with Gasteiger partial charge in [0.2, 0.25) is 0 Å². The average Bonchev–Trinajstić information content (AvgIpc) is 2.43. The number of hydrogen-bond donors (Lipinski definition) is 1. The Bertz CT molecular complexity index is 616. The van der Waals surface area contributed by atoms with Gasteiger partial charge in [-0.25, -0.2) is 0 Å². The molecule has 0 spiro atoms.